The topological polar surface area (TPSA) is 130 Å². The fraction of sp³-hybridized carbons (Fsp3) is 0.432. The average molecular weight is 797 g/mol. The summed E-state index contributed by atoms with van der Waals surface area (Å²) in [5.41, 5.74) is 1.46. The number of aromatic nitrogens is 3. The van der Waals surface area contributed by atoms with Gasteiger partial charge in [0.25, 0.3) is 11.5 Å². The largest absolute Gasteiger partial charge is 0.493 e. The van der Waals surface area contributed by atoms with Crippen LogP contribution in [0.1, 0.15) is 78.7 Å². The van der Waals surface area contributed by atoms with Crippen LogP contribution in [0.2, 0.25) is 5.02 Å². The van der Waals surface area contributed by atoms with Gasteiger partial charge in [-0.2, -0.15) is 0 Å². The number of rotatable bonds is 16. The van der Waals surface area contributed by atoms with E-state index < -0.39 is 17.7 Å². The van der Waals surface area contributed by atoms with Crippen molar-refractivity contribution in [3.05, 3.63) is 111 Å². The Morgan fingerprint density at radius 3 is 2.51 bits per heavy atom. The van der Waals surface area contributed by atoms with Crippen LogP contribution in [-0.4, -0.2) is 93.7 Å². The number of halogens is 2. The zero-order valence-corrected chi connectivity index (χ0v) is 33.3. The van der Waals surface area contributed by atoms with Gasteiger partial charge in [0.2, 0.25) is 5.91 Å². The molecule has 13 heteroatoms. The Balaban J connectivity index is 0.958. The maximum absolute atomic E-state index is 16.2. The summed E-state index contributed by atoms with van der Waals surface area (Å²) in [5.74, 6) is -0.552. The van der Waals surface area contributed by atoms with Gasteiger partial charge in [-0.05, 0) is 94.9 Å². The number of aliphatic hydroxyl groups is 1. The second-order valence-corrected chi connectivity index (χ2v) is 16.2. The summed E-state index contributed by atoms with van der Waals surface area (Å²) in [5, 5.41) is 16.4. The van der Waals surface area contributed by atoms with Crippen LogP contribution < -0.4 is 15.6 Å². The zero-order valence-electron chi connectivity index (χ0n) is 32.5. The second-order valence-electron chi connectivity index (χ2n) is 15.8. The van der Waals surface area contributed by atoms with Gasteiger partial charge >= 0.3 is 0 Å². The van der Waals surface area contributed by atoms with Gasteiger partial charge in [-0.15, -0.1) is 0 Å². The maximum Gasteiger partial charge on any atom is 0.261 e. The Labute approximate surface area is 336 Å². The summed E-state index contributed by atoms with van der Waals surface area (Å²) in [6.45, 7) is 2.12. The first-order valence-corrected chi connectivity index (χ1v) is 20.2. The van der Waals surface area contributed by atoms with Crippen LogP contribution >= 0.6 is 11.6 Å². The number of nitrogens with zero attached hydrogens (tertiary/aromatic N) is 5. The van der Waals surface area contributed by atoms with Crippen LogP contribution in [-0.2, 0) is 11.3 Å². The van der Waals surface area contributed by atoms with Crippen molar-refractivity contribution < 1.29 is 23.8 Å². The molecular weight excluding hydrogens is 747 g/mol. The summed E-state index contributed by atoms with van der Waals surface area (Å²) < 4.78 is 23.5. The van der Waals surface area contributed by atoms with Gasteiger partial charge in [0.05, 0.1) is 52.4 Å². The van der Waals surface area contributed by atoms with E-state index in [1.54, 1.807) is 71.6 Å². The van der Waals surface area contributed by atoms with Crippen molar-refractivity contribution >= 4 is 45.2 Å². The van der Waals surface area contributed by atoms with E-state index in [0.29, 0.717) is 57.3 Å². The molecule has 2 fully saturated rings. The van der Waals surface area contributed by atoms with Crippen LogP contribution in [0.3, 0.4) is 0 Å². The van der Waals surface area contributed by atoms with Gasteiger partial charge < -0.3 is 25.0 Å². The first-order valence-electron chi connectivity index (χ1n) is 19.8. The zero-order chi connectivity index (χ0) is 40.1. The van der Waals surface area contributed by atoms with Crippen molar-refractivity contribution in [1.29, 1.82) is 0 Å². The summed E-state index contributed by atoms with van der Waals surface area (Å²) in [7, 11) is 4.02. The minimum absolute atomic E-state index is 0.0143. The highest BCUT2D eigenvalue weighted by molar-refractivity contribution is 6.35. The van der Waals surface area contributed by atoms with Gasteiger partial charge in [-0.1, -0.05) is 48.0 Å². The van der Waals surface area contributed by atoms with E-state index in [1.165, 1.54) is 10.9 Å². The Hall–Kier alpha value is -4.91. The lowest BCUT2D eigenvalue weighted by molar-refractivity contribution is -0.143. The maximum atomic E-state index is 16.2. The van der Waals surface area contributed by atoms with E-state index in [-0.39, 0.29) is 62.8 Å². The molecule has 2 N–H and O–H groups in total. The molecule has 2 aromatic heterocycles. The number of likely N-dealkylation sites (tertiary alicyclic amines) is 1. The molecule has 5 aromatic rings. The van der Waals surface area contributed by atoms with Crippen molar-refractivity contribution in [3.8, 4) is 5.75 Å². The van der Waals surface area contributed by atoms with E-state index in [1.807, 2.05) is 20.2 Å². The third-order valence-corrected chi connectivity index (χ3v) is 11.4. The Kier molecular flexibility index (Phi) is 12.5. The van der Waals surface area contributed by atoms with Crippen LogP contribution in [0.25, 0.3) is 21.8 Å². The number of alkyl halides is 1. The van der Waals surface area contributed by atoms with E-state index in [0.717, 1.165) is 36.9 Å². The van der Waals surface area contributed by atoms with Gasteiger partial charge in [0, 0.05) is 54.8 Å². The first-order chi connectivity index (χ1) is 27.5. The normalized spacial score (nSPS) is 16.5. The number of pyridine rings is 1. The number of carbonyl (C=O) groups excluding carboxylic acids is 2. The number of amides is 2. The monoisotopic (exact) mass is 796 g/mol. The van der Waals surface area contributed by atoms with E-state index in [4.69, 9.17) is 21.3 Å². The molecule has 1 saturated carbocycles. The smallest absolute Gasteiger partial charge is 0.261 e. The SMILES string of the molecule is CN(C)CCCOc1ccc2c(=O)n(CC3(O)CCN(C(=O)[C@H](CCCNC(=O)c4ccc5c(Cl)cc(C6CC6)nc5c4)C(F)c4ccccc4)CC3)cnc2c1. The summed E-state index contributed by atoms with van der Waals surface area (Å²) in [6.07, 6.45) is 3.93. The molecule has 1 aliphatic carbocycles. The van der Waals surface area contributed by atoms with Gasteiger partial charge in [0.15, 0.2) is 0 Å². The van der Waals surface area contributed by atoms with E-state index >= 15 is 4.39 Å². The van der Waals surface area contributed by atoms with Crippen LogP contribution in [0.15, 0.2) is 83.9 Å². The second kappa shape index (κ2) is 17.7. The minimum Gasteiger partial charge on any atom is -0.493 e. The fourth-order valence-electron chi connectivity index (χ4n) is 7.59. The highest BCUT2D eigenvalue weighted by Gasteiger charge is 2.39. The Morgan fingerprint density at radius 2 is 1.77 bits per heavy atom. The summed E-state index contributed by atoms with van der Waals surface area (Å²) in [4.78, 5) is 53.6. The predicted molar refractivity (Wildman–Crippen MR) is 220 cm³/mol. The number of carbonyl (C=O) groups is 2. The van der Waals surface area contributed by atoms with E-state index in [2.05, 4.69) is 15.2 Å². The first kappa shape index (κ1) is 40.3. The lowest BCUT2D eigenvalue weighted by Gasteiger charge is -2.40. The van der Waals surface area contributed by atoms with Gasteiger partial charge in [0.1, 0.15) is 11.9 Å². The molecule has 2 amide bonds. The molecule has 3 aromatic carbocycles. The number of nitrogens with one attached hydrogen (secondary N) is 1. The molecule has 11 nitrogen and oxygen atoms in total. The average Bonchev–Trinajstić information content (AvgIpc) is 4.07. The summed E-state index contributed by atoms with van der Waals surface area (Å²) in [6, 6.07) is 21.0. The molecule has 7 rings (SSSR count). The van der Waals surface area contributed by atoms with Crippen molar-refractivity contribution in [2.45, 2.75) is 69.2 Å². The molecule has 1 unspecified atom stereocenters. The molecule has 0 radical (unpaired) electrons. The van der Waals surface area contributed by atoms with Crippen LogP contribution in [0.4, 0.5) is 4.39 Å². The number of hydrogen-bond acceptors (Lipinski definition) is 8. The standard InChI is InChI=1S/C44H50ClFN6O5/c1-50(2)20-7-23-57-32-14-16-34-38(25-32)48-28-52(42(34)54)27-44(56)17-21-51(22-18-44)43(55)35(40(46)30-8-4-3-5-9-30)10-6-19-47-41(53)31-13-15-33-36(45)26-37(29-11-12-29)49-39(33)24-31/h3-5,8-9,13-16,24-26,28-29,35,40,56H,6-7,10-12,17-23,27H2,1-2H3,(H,47,53)/t35-,40?/m1/s1. The van der Waals surface area contributed by atoms with Gasteiger partial charge in [-0.3, -0.25) is 23.9 Å². The molecule has 2 atom stereocenters. The number of hydrogen-bond donors (Lipinski definition) is 2. The Bertz CT molecular complexity index is 2280. The van der Waals surface area contributed by atoms with E-state index in [9.17, 15) is 19.5 Å². The molecule has 57 heavy (non-hydrogen) atoms. The van der Waals surface area contributed by atoms with Crippen molar-refractivity contribution in [2.75, 3.05) is 46.9 Å². The third-order valence-electron chi connectivity index (χ3n) is 11.1. The molecule has 0 spiro atoms. The molecule has 0 bridgehead atoms. The van der Waals surface area contributed by atoms with Crippen LogP contribution in [0, 0.1) is 5.92 Å². The minimum atomic E-state index is -1.56. The molecule has 1 aliphatic heterocycles. The van der Waals surface area contributed by atoms with Crippen molar-refractivity contribution in [1.82, 2.24) is 29.7 Å². The third kappa shape index (κ3) is 9.80. The molecule has 1 saturated heterocycles. The van der Waals surface area contributed by atoms with Gasteiger partial charge in [-0.25, -0.2) is 9.37 Å². The predicted octanol–water partition coefficient (Wildman–Crippen LogP) is 6.70. The lowest BCUT2D eigenvalue weighted by Crippen LogP contribution is -2.51. The number of fused-ring (bicyclic) bond motifs is 2. The quantitative estimate of drug-likeness (QED) is 0.106. The fourth-order valence-corrected chi connectivity index (χ4v) is 7.86. The van der Waals surface area contributed by atoms with Crippen molar-refractivity contribution in [3.63, 3.8) is 0 Å². The number of ether oxygens (including phenoxy) is 1. The molecule has 2 aliphatic rings. The Morgan fingerprint density at radius 1 is 1.02 bits per heavy atom. The molecule has 3 heterocycles. The van der Waals surface area contributed by atoms with Crippen molar-refractivity contribution in [2.24, 2.45) is 5.92 Å². The van der Waals surface area contributed by atoms with Crippen LogP contribution in [0.5, 0.6) is 5.75 Å². The molecule has 300 valence electrons. The number of piperidine rings is 1. The lowest BCUT2D eigenvalue weighted by atomic mass is 9.87. The number of benzene rings is 3. The summed E-state index contributed by atoms with van der Waals surface area (Å²) >= 11 is 6.51. The highest BCUT2D eigenvalue weighted by Crippen LogP contribution is 2.41. The highest BCUT2D eigenvalue weighted by atomic mass is 35.5. The molecular formula is C44H50ClFN6O5.